The second-order valence-corrected chi connectivity index (χ2v) is 8.15. The summed E-state index contributed by atoms with van der Waals surface area (Å²) in [6.45, 7) is 2.40. The van der Waals surface area contributed by atoms with E-state index in [2.05, 4.69) is 0 Å². The number of amides is 1. The van der Waals surface area contributed by atoms with E-state index in [1.807, 2.05) is 6.92 Å². The minimum absolute atomic E-state index is 0.0396. The van der Waals surface area contributed by atoms with E-state index in [-0.39, 0.29) is 23.9 Å². The third-order valence-corrected chi connectivity index (χ3v) is 5.58. The van der Waals surface area contributed by atoms with Crippen molar-refractivity contribution >= 4 is 21.4 Å². The van der Waals surface area contributed by atoms with Crippen molar-refractivity contribution in [2.75, 3.05) is 17.3 Å². The highest BCUT2D eigenvalue weighted by atomic mass is 32.2. The van der Waals surface area contributed by atoms with Gasteiger partial charge in [0.05, 0.1) is 24.8 Å². The van der Waals surface area contributed by atoms with Crippen molar-refractivity contribution in [3.8, 4) is 5.75 Å². The summed E-state index contributed by atoms with van der Waals surface area (Å²) in [5.74, 6) is -0.131. The molecule has 0 saturated heterocycles. The van der Waals surface area contributed by atoms with Gasteiger partial charge < -0.3 is 9.64 Å². The molecule has 0 fully saturated rings. The van der Waals surface area contributed by atoms with Crippen molar-refractivity contribution in [1.29, 1.82) is 0 Å². The van der Waals surface area contributed by atoms with Crippen molar-refractivity contribution < 1.29 is 22.3 Å². The van der Waals surface area contributed by atoms with Gasteiger partial charge in [-0.2, -0.15) is 0 Å². The van der Waals surface area contributed by atoms with Crippen LogP contribution in [0.2, 0.25) is 0 Å². The topological polar surface area (TPSA) is 63.7 Å². The maximum atomic E-state index is 13.1. The van der Waals surface area contributed by atoms with Crippen LogP contribution < -0.4 is 9.64 Å². The number of benzene rings is 2. The number of halogens is 1. The fourth-order valence-corrected chi connectivity index (χ4v) is 4.24. The zero-order chi connectivity index (χ0) is 19.4. The largest absolute Gasteiger partial charge is 0.494 e. The summed E-state index contributed by atoms with van der Waals surface area (Å²) < 4.78 is 42.2. The smallest absolute Gasteiger partial charge is 0.231 e. The van der Waals surface area contributed by atoms with Gasteiger partial charge in [0.1, 0.15) is 11.6 Å². The molecule has 27 heavy (non-hydrogen) atoms. The molecule has 3 rings (SSSR count). The van der Waals surface area contributed by atoms with E-state index < -0.39 is 15.9 Å². The number of hydrogen-bond acceptors (Lipinski definition) is 4. The van der Waals surface area contributed by atoms with Gasteiger partial charge >= 0.3 is 0 Å². The van der Waals surface area contributed by atoms with Crippen molar-refractivity contribution in [2.45, 2.75) is 19.4 Å². The molecular formula is C20H20FNO4S. The fraction of sp³-hybridized carbons (Fsp3) is 0.250. The van der Waals surface area contributed by atoms with Crippen molar-refractivity contribution in [1.82, 2.24) is 0 Å². The van der Waals surface area contributed by atoms with E-state index >= 15 is 0 Å². The van der Waals surface area contributed by atoms with Crippen LogP contribution in [0.1, 0.15) is 12.5 Å². The van der Waals surface area contributed by atoms with Gasteiger partial charge in [-0.1, -0.05) is 12.1 Å². The highest BCUT2D eigenvalue weighted by Gasteiger charge is 2.31. The Hall–Kier alpha value is -2.67. The van der Waals surface area contributed by atoms with Crippen molar-refractivity contribution in [2.24, 2.45) is 0 Å². The number of carbonyl (C=O) groups is 1. The van der Waals surface area contributed by atoms with Gasteiger partial charge in [-0.15, -0.1) is 0 Å². The van der Waals surface area contributed by atoms with Crippen LogP contribution in [0.5, 0.6) is 5.75 Å². The van der Waals surface area contributed by atoms with Gasteiger partial charge in [-0.05, 0) is 55.0 Å². The highest BCUT2D eigenvalue weighted by molar-refractivity contribution is 7.94. The van der Waals surface area contributed by atoms with Crippen molar-refractivity contribution in [3.05, 3.63) is 71.4 Å². The molecule has 2 aromatic carbocycles. The first-order chi connectivity index (χ1) is 12.9. The molecule has 0 saturated carbocycles. The summed E-state index contributed by atoms with van der Waals surface area (Å²) in [6.07, 6.45) is 1.56. The maximum absolute atomic E-state index is 13.1. The normalized spacial score (nSPS) is 17.6. The average Bonchev–Trinajstić information content (AvgIpc) is 2.98. The molecule has 5 nitrogen and oxygen atoms in total. The van der Waals surface area contributed by atoms with Crippen LogP contribution in [0.3, 0.4) is 0 Å². The Morgan fingerprint density at radius 3 is 2.37 bits per heavy atom. The van der Waals surface area contributed by atoms with E-state index in [0.717, 1.165) is 5.41 Å². The van der Waals surface area contributed by atoms with E-state index in [1.54, 1.807) is 36.4 Å². The van der Waals surface area contributed by atoms with E-state index in [1.165, 1.54) is 23.1 Å². The first kappa shape index (κ1) is 19.1. The SMILES string of the molecule is CCOc1ccc(N(C(=O)Cc2ccc(F)cc2)[C@@H]2C=CS(=O)(=O)C2)cc1. The van der Waals surface area contributed by atoms with Crippen molar-refractivity contribution in [3.63, 3.8) is 0 Å². The fourth-order valence-electron chi connectivity index (χ4n) is 2.97. The first-order valence-electron chi connectivity index (χ1n) is 8.58. The Bertz CT molecular complexity index is 937. The lowest BCUT2D eigenvalue weighted by Crippen LogP contribution is -2.42. The Morgan fingerprint density at radius 1 is 1.15 bits per heavy atom. The Balaban J connectivity index is 1.88. The Kier molecular flexibility index (Phi) is 5.60. The molecule has 1 amide bonds. The van der Waals surface area contributed by atoms with Gasteiger partial charge in [0, 0.05) is 11.1 Å². The van der Waals surface area contributed by atoms with E-state index in [4.69, 9.17) is 4.74 Å². The summed E-state index contributed by atoms with van der Waals surface area (Å²) in [7, 11) is -3.33. The molecule has 1 aliphatic rings. The molecular weight excluding hydrogens is 369 g/mol. The molecule has 0 spiro atoms. The summed E-state index contributed by atoms with van der Waals surface area (Å²) >= 11 is 0. The van der Waals surface area contributed by atoms with Crippen LogP contribution in [-0.4, -0.2) is 32.7 Å². The van der Waals surface area contributed by atoms with Gasteiger partial charge in [-0.3, -0.25) is 4.79 Å². The van der Waals surface area contributed by atoms with Crippen LogP contribution >= 0.6 is 0 Å². The molecule has 1 aliphatic heterocycles. The molecule has 0 unspecified atom stereocenters. The highest BCUT2D eigenvalue weighted by Crippen LogP contribution is 2.26. The molecule has 7 heteroatoms. The Labute approximate surface area is 158 Å². The molecule has 2 aromatic rings. The minimum Gasteiger partial charge on any atom is -0.494 e. The molecule has 0 bridgehead atoms. The second kappa shape index (κ2) is 7.92. The molecule has 0 aliphatic carbocycles. The number of hydrogen-bond donors (Lipinski definition) is 0. The lowest BCUT2D eigenvalue weighted by molar-refractivity contribution is -0.118. The number of anilines is 1. The third-order valence-electron chi connectivity index (χ3n) is 4.21. The number of sulfone groups is 1. The first-order valence-corrected chi connectivity index (χ1v) is 10.3. The predicted octanol–water partition coefficient (Wildman–Crippen LogP) is 3.11. The van der Waals surface area contributed by atoms with Gasteiger partial charge in [0.2, 0.25) is 5.91 Å². The number of carbonyl (C=O) groups excluding carboxylic acids is 1. The lowest BCUT2D eigenvalue weighted by atomic mass is 10.1. The quantitative estimate of drug-likeness (QED) is 0.762. The molecule has 1 heterocycles. The summed E-state index contributed by atoms with van der Waals surface area (Å²) in [4.78, 5) is 14.5. The summed E-state index contributed by atoms with van der Waals surface area (Å²) in [5, 5.41) is 1.14. The summed E-state index contributed by atoms with van der Waals surface area (Å²) in [6, 6.07) is 12.0. The number of rotatable bonds is 6. The molecule has 0 N–H and O–H groups in total. The maximum Gasteiger partial charge on any atom is 0.231 e. The zero-order valence-corrected chi connectivity index (χ0v) is 15.7. The molecule has 0 radical (unpaired) electrons. The molecule has 142 valence electrons. The second-order valence-electron chi connectivity index (χ2n) is 6.22. The van der Waals surface area contributed by atoms with Gasteiger partial charge in [0.25, 0.3) is 0 Å². The van der Waals surface area contributed by atoms with Crippen LogP contribution in [0.25, 0.3) is 0 Å². The minimum atomic E-state index is -3.33. The Morgan fingerprint density at radius 2 is 1.81 bits per heavy atom. The zero-order valence-electron chi connectivity index (χ0n) is 14.8. The third kappa shape index (κ3) is 4.74. The van der Waals surface area contributed by atoms with Crippen LogP contribution in [-0.2, 0) is 21.1 Å². The van der Waals surface area contributed by atoms with Crippen LogP contribution in [0.4, 0.5) is 10.1 Å². The average molecular weight is 389 g/mol. The standard InChI is InChI=1S/C20H20FNO4S/c1-2-26-19-9-7-17(8-10-19)22(18-11-12-27(24,25)14-18)20(23)13-15-3-5-16(21)6-4-15/h3-12,18H,2,13-14H2,1H3/t18-/m1/s1. The predicted molar refractivity (Wildman–Crippen MR) is 102 cm³/mol. The molecule has 0 aromatic heterocycles. The number of nitrogens with zero attached hydrogens (tertiary/aromatic N) is 1. The van der Waals surface area contributed by atoms with Crippen LogP contribution in [0, 0.1) is 5.82 Å². The lowest BCUT2D eigenvalue weighted by Gasteiger charge is -2.28. The summed E-state index contributed by atoms with van der Waals surface area (Å²) in [5.41, 5.74) is 1.24. The van der Waals surface area contributed by atoms with Crippen LogP contribution in [0.15, 0.2) is 60.0 Å². The van der Waals surface area contributed by atoms with E-state index in [9.17, 15) is 17.6 Å². The van der Waals surface area contributed by atoms with E-state index in [0.29, 0.717) is 23.6 Å². The number of ether oxygens (including phenoxy) is 1. The van der Waals surface area contributed by atoms with Gasteiger partial charge in [-0.25, -0.2) is 12.8 Å². The molecule has 1 atom stereocenters. The van der Waals surface area contributed by atoms with Gasteiger partial charge in [0.15, 0.2) is 9.84 Å². The monoisotopic (exact) mass is 389 g/mol.